The van der Waals surface area contributed by atoms with Crippen LogP contribution in [-0.2, 0) is 6.54 Å². The molecule has 1 aliphatic heterocycles. The Kier molecular flexibility index (Phi) is 6.24. The Morgan fingerprint density at radius 2 is 1.82 bits per heavy atom. The Morgan fingerprint density at radius 1 is 1.14 bits per heavy atom. The number of rotatable bonds is 6. The van der Waals surface area contributed by atoms with E-state index < -0.39 is 0 Å². The summed E-state index contributed by atoms with van der Waals surface area (Å²) in [5.41, 5.74) is 2.55. The zero-order chi connectivity index (χ0) is 20.3. The van der Waals surface area contributed by atoms with Gasteiger partial charge in [-0.15, -0.1) is 0 Å². The number of benzene rings is 1. The van der Waals surface area contributed by atoms with E-state index in [2.05, 4.69) is 14.9 Å². The summed E-state index contributed by atoms with van der Waals surface area (Å²) in [7, 11) is 4.85. The molecule has 1 aromatic heterocycles. The molecule has 7 nitrogen and oxygen atoms in total. The molecule has 3 rings (SSSR count). The molecule has 152 valence electrons. The molecule has 1 unspecified atom stereocenters. The quantitative estimate of drug-likeness (QED) is 0.821. The van der Waals surface area contributed by atoms with Crippen molar-refractivity contribution in [2.75, 3.05) is 34.4 Å². The summed E-state index contributed by atoms with van der Waals surface area (Å²) >= 11 is 0. The van der Waals surface area contributed by atoms with Crippen LogP contribution in [0.5, 0.6) is 17.2 Å². The van der Waals surface area contributed by atoms with E-state index in [0.29, 0.717) is 22.8 Å². The smallest absolute Gasteiger partial charge is 0.254 e. The molecular weight excluding hydrogens is 358 g/mol. The van der Waals surface area contributed by atoms with Gasteiger partial charge in [-0.05, 0) is 50.9 Å². The van der Waals surface area contributed by atoms with Gasteiger partial charge in [0, 0.05) is 30.3 Å². The zero-order valence-electron chi connectivity index (χ0n) is 17.3. The molecule has 1 aliphatic rings. The van der Waals surface area contributed by atoms with Crippen LogP contribution in [0.3, 0.4) is 0 Å². The highest BCUT2D eigenvalue weighted by Crippen LogP contribution is 2.38. The number of likely N-dealkylation sites (tertiary alicyclic amines) is 1. The van der Waals surface area contributed by atoms with Crippen LogP contribution >= 0.6 is 0 Å². The molecule has 0 bridgehead atoms. The van der Waals surface area contributed by atoms with Crippen LogP contribution in [0.25, 0.3) is 0 Å². The number of aromatic amines is 1. The number of nitrogens with zero attached hydrogens (tertiary/aromatic N) is 2. The summed E-state index contributed by atoms with van der Waals surface area (Å²) < 4.78 is 16.3. The van der Waals surface area contributed by atoms with Crippen molar-refractivity contribution >= 4 is 0 Å². The van der Waals surface area contributed by atoms with Gasteiger partial charge < -0.3 is 19.2 Å². The van der Waals surface area contributed by atoms with Gasteiger partial charge in [0.05, 0.1) is 21.3 Å². The summed E-state index contributed by atoms with van der Waals surface area (Å²) in [5, 5.41) is 0. The minimum atomic E-state index is -0.0377. The normalized spacial score (nSPS) is 17.4. The molecule has 0 spiro atoms. The third-order valence-corrected chi connectivity index (χ3v) is 5.44. The number of nitrogens with one attached hydrogen (secondary N) is 1. The number of hydrogen-bond donors (Lipinski definition) is 1. The average Bonchev–Trinajstić information content (AvgIpc) is 2.71. The first kappa shape index (κ1) is 20.2. The maximum atomic E-state index is 12.1. The molecule has 0 saturated carbocycles. The van der Waals surface area contributed by atoms with Gasteiger partial charge in [-0.1, -0.05) is 0 Å². The van der Waals surface area contributed by atoms with Crippen molar-refractivity contribution in [1.29, 1.82) is 0 Å². The standard InChI is InChI=1S/C21H29N3O4/c1-13-14(2)22-20(23-21(13)25)16-7-6-8-24(12-16)11-15-9-17(26-3)19(28-5)18(10-15)27-4/h9-10,16H,6-8,11-12H2,1-5H3,(H,22,23,25). The van der Waals surface area contributed by atoms with Gasteiger partial charge in [-0.2, -0.15) is 0 Å². The fourth-order valence-corrected chi connectivity index (χ4v) is 3.77. The lowest BCUT2D eigenvalue weighted by Crippen LogP contribution is -2.35. The van der Waals surface area contributed by atoms with Crippen LogP contribution in [0.15, 0.2) is 16.9 Å². The molecule has 0 aliphatic carbocycles. The molecule has 1 aromatic carbocycles. The molecule has 7 heteroatoms. The molecule has 1 saturated heterocycles. The highest BCUT2D eigenvalue weighted by molar-refractivity contribution is 5.53. The van der Waals surface area contributed by atoms with Crippen LogP contribution < -0.4 is 19.8 Å². The fraction of sp³-hybridized carbons (Fsp3) is 0.524. The predicted octanol–water partition coefficient (Wildman–Crippen LogP) is 2.79. The first-order valence-corrected chi connectivity index (χ1v) is 9.55. The molecule has 1 atom stereocenters. The molecule has 2 heterocycles. The number of methoxy groups -OCH3 is 3. The van der Waals surface area contributed by atoms with Gasteiger partial charge in [0.1, 0.15) is 5.82 Å². The van der Waals surface area contributed by atoms with Crippen molar-refractivity contribution in [3.05, 3.63) is 45.1 Å². The maximum Gasteiger partial charge on any atom is 0.254 e. The van der Waals surface area contributed by atoms with E-state index in [1.54, 1.807) is 21.3 Å². The molecule has 0 amide bonds. The predicted molar refractivity (Wildman–Crippen MR) is 108 cm³/mol. The third kappa shape index (κ3) is 4.14. The number of H-pyrrole nitrogens is 1. The minimum Gasteiger partial charge on any atom is -0.493 e. The number of aromatic nitrogens is 2. The first-order valence-electron chi connectivity index (χ1n) is 9.55. The average molecular weight is 387 g/mol. The Balaban J connectivity index is 1.79. The Hall–Kier alpha value is -2.54. The maximum absolute atomic E-state index is 12.1. The van der Waals surface area contributed by atoms with Crippen molar-refractivity contribution in [3.63, 3.8) is 0 Å². The number of aryl methyl sites for hydroxylation is 1. The van der Waals surface area contributed by atoms with Gasteiger partial charge in [-0.3, -0.25) is 9.69 Å². The van der Waals surface area contributed by atoms with Crippen LogP contribution in [0, 0.1) is 13.8 Å². The summed E-state index contributed by atoms with van der Waals surface area (Å²) in [6.45, 7) is 6.32. The lowest BCUT2D eigenvalue weighted by Gasteiger charge is -2.32. The van der Waals surface area contributed by atoms with Crippen LogP contribution in [0.4, 0.5) is 0 Å². The van der Waals surface area contributed by atoms with Crippen LogP contribution in [0.1, 0.15) is 41.4 Å². The van der Waals surface area contributed by atoms with Crippen molar-refractivity contribution in [2.24, 2.45) is 0 Å². The minimum absolute atomic E-state index is 0.0377. The van der Waals surface area contributed by atoms with Gasteiger partial charge in [-0.25, -0.2) is 4.98 Å². The summed E-state index contributed by atoms with van der Waals surface area (Å²) in [4.78, 5) is 22.1. The van der Waals surface area contributed by atoms with E-state index in [-0.39, 0.29) is 11.5 Å². The summed E-state index contributed by atoms with van der Waals surface area (Å²) in [6, 6.07) is 3.97. The zero-order valence-corrected chi connectivity index (χ0v) is 17.3. The van der Waals surface area contributed by atoms with Gasteiger partial charge in [0.15, 0.2) is 11.5 Å². The SMILES string of the molecule is COc1cc(CN2CCCC(c3nc(C)c(C)c(=O)[nH]3)C2)cc(OC)c1OC. The van der Waals surface area contributed by atoms with E-state index >= 15 is 0 Å². The molecule has 28 heavy (non-hydrogen) atoms. The lowest BCUT2D eigenvalue weighted by atomic mass is 9.96. The van der Waals surface area contributed by atoms with Gasteiger partial charge >= 0.3 is 0 Å². The van der Waals surface area contributed by atoms with E-state index in [0.717, 1.165) is 49.6 Å². The van der Waals surface area contributed by atoms with Crippen LogP contribution in [0.2, 0.25) is 0 Å². The summed E-state index contributed by atoms with van der Waals surface area (Å²) in [5.74, 6) is 2.93. The van der Waals surface area contributed by atoms with Gasteiger partial charge in [0.2, 0.25) is 5.75 Å². The Labute approximate surface area is 165 Å². The number of ether oxygens (including phenoxy) is 3. The Bertz CT molecular complexity index is 869. The van der Waals surface area contributed by atoms with E-state index in [1.165, 1.54) is 0 Å². The van der Waals surface area contributed by atoms with E-state index in [9.17, 15) is 4.79 Å². The second-order valence-electron chi connectivity index (χ2n) is 7.27. The number of piperidine rings is 1. The summed E-state index contributed by atoms with van der Waals surface area (Å²) in [6.07, 6.45) is 2.09. The molecule has 1 N–H and O–H groups in total. The second-order valence-corrected chi connectivity index (χ2v) is 7.27. The second kappa shape index (κ2) is 8.65. The molecule has 1 fully saturated rings. The lowest BCUT2D eigenvalue weighted by molar-refractivity contribution is 0.195. The monoisotopic (exact) mass is 387 g/mol. The van der Waals surface area contributed by atoms with E-state index in [4.69, 9.17) is 14.2 Å². The first-order chi connectivity index (χ1) is 13.5. The third-order valence-electron chi connectivity index (χ3n) is 5.44. The molecule has 0 radical (unpaired) electrons. The highest BCUT2D eigenvalue weighted by Gasteiger charge is 2.24. The highest BCUT2D eigenvalue weighted by atomic mass is 16.5. The van der Waals surface area contributed by atoms with Crippen molar-refractivity contribution in [3.8, 4) is 17.2 Å². The van der Waals surface area contributed by atoms with Crippen molar-refractivity contribution in [2.45, 2.75) is 39.2 Å². The van der Waals surface area contributed by atoms with Gasteiger partial charge in [0.25, 0.3) is 5.56 Å². The van der Waals surface area contributed by atoms with E-state index in [1.807, 2.05) is 26.0 Å². The topological polar surface area (TPSA) is 76.7 Å². The number of hydrogen-bond acceptors (Lipinski definition) is 6. The molecular formula is C21H29N3O4. The molecule has 2 aromatic rings. The van der Waals surface area contributed by atoms with Crippen molar-refractivity contribution in [1.82, 2.24) is 14.9 Å². The Morgan fingerprint density at radius 3 is 2.39 bits per heavy atom. The fourth-order valence-electron chi connectivity index (χ4n) is 3.77. The van der Waals surface area contributed by atoms with Crippen LogP contribution in [-0.4, -0.2) is 49.3 Å². The largest absolute Gasteiger partial charge is 0.493 e. The van der Waals surface area contributed by atoms with Crippen molar-refractivity contribution < 1.29 is 14.2 Å².